The van der Waals surface area contributed by atoms with Gasteiger partial charge in [0, 0.05) is 17.1 Å². The van der Waals surface area contributed by atoms with Crippen LogP contribution in [0.5, 0.6) is 5.75 Å². The third-order valence-corrected chi connectivity index (χ3v) is 3.87. The summed E-state index contributed by atoms with van der Waals surface area (Å²) >= 11 is 1.55. The molecule has 3 aromatic rings. The van der Waals surface area contributed by atoms with E-state index in [2.05, 4.69) is 11.1 Å². The summed E-state index contributed by atoms with van der Waals surface area (Å²) in [7, 11) is 0. The minimum Gasteiger partial charge on any atom is -0.494 e. The minimum atomic E-state index is 0.678. The molecule has 0 spiro atoms. The molecule has 5 heteroatoms. The smallest absolute Gasteiger partial charge is 0.195 e. The van der Waals surface area contributed by atoms with Gasteiger partial charge in [0.1, 0.15) is 11.6 Å². The number of anilines is 1. The van der Waals surface area contributed by atoms with Gasteiger partial charge >= 0.3 is 0 Å². The van der Waals surface area contributed by atoms with Crippen LogP contribution in [0, 0.1) is 6.92 Å². The van der Waals surface area contributed by atoms with Crippen LogP contribution in [-0.2, 0) is 0 Å². The van der Waals surface area contributed by atoms with Gasteiger partial charge in [-0.1, -0.05) is 0 Å². The van der Waals surface area contributed by atoms with Gasteiger partial charge < -0.3 is 10.5 Å². The van der Waals surface area contributed by atoms with Crippen molar-refractivity contribution in [1.82, 2.24) is 9.38 Å². The van der Waals surface area contributed by atoms with Crippen LogP contribution in [0.3, 0.4) is 0 Å². The van der Waals surface area contributed by atoms with E-state index in [-0.39, 0.29) is 0 Å². The van der Waals surface area contributed by atoms with Crippen molar-refractivity contribution in [1.29, 1.82) is 0 Å². The standard InChI is InChI=1S/C14H15N3OS/c1-3-18-12-5-4-10(6-9(12)2)11-7-17-13(15)8-19-14(17)16-11/h4-8H,3,15H2,1-2H3. The van der Waals surface area contributed by atoms with E-state index in [4.69, 9.17) is 10.5 Å². The van der Waals surface area contributed by atoms with Crippen LogP contribution in [0.15, 0.2) is 29.8 Å². The fourth-order valence-electron chi connectivity index (χ4n) is 2.07. The van der Waals surface area contributed by atoms with Crippen LogP contribution in [0.4, 0.5) is 5.82 Å². The molecular formula is C14H15N3OS. The highest BCUT2D eigenvalue weighted by atomic mass is 32.1. The van der Waals surface area contributed by atoms with Crippen LogP contribution in [-0.4, -0.2) is 16.0 Å². The normalized spacial score (nSPS) is 11.1. The Kier molecular flexibility index (Phi) is 2.91. The zero-order chi connectivity index (χ0) is 13.4. The molecule has 98 valence electrons. The number of fused-ring (bicyclic) bond motifs is 1. The Balaban J connectivity index is 2.03. The molecule has 3 rings (SSSR count). The molecule has 0 aliphatic rings. The number of nitrogens with two attached hydrogens (primary N) is 1. The van der Waals surface area contributed by atoms with Crippen molar-refractivity contribution < 1.29 is 4.74 Å². The lowest BCUT2D eigenvalue weighted by Gasteiger charge is -2.07. The van der Waals surface area contributed by atoms with Gasteiger partial charge in [-0.15, -0.1) is 11.3 Å². The maximum atomic E-state index is 5.87. The maximum absolute atomic E-state index is 5.87. The van der Waals surface area contributed by atoms with E-state index in [9.17, 15) is 0 Å². The van der Waals surface area contributed by atoms with Crippen molar-refractivity contribution >= 4 is 22.1 Å². The van der Waals surface area contributed by atoms with Gasteiger partial charge in [0.2, 0.25) is 0 Å². The SMILES string of the molecule is CCOc1ccc(-c2cn3c(N)csc3n2)cc1C. The second-order valence-electron chi connectivity index (χ2n) is 4.35. The zero-order valence-corrected chi connectivity index (χ0v) is 11.7. The molecule has 2 heterocycles. The molecule has 0 atom stereocenters. The fraction of sp³-hybridized carbons (Fsp3) is 0.214. The Bertz CT molecular complexity index is 729. The van der Waals surface area contributed by atoms with Crippen LogP contribution in [0.2, 0.25) is 0 Å². The molecule has 2 aromatic heterocycles. The molecule has 1 aromatic carbocycles. The number of aromatic nitrogens is 2. The van der Waals surface area contributed by atoms with E-state index in [0.717, 1.165) is 33.3 Å². The molecular weight excluding hydrogens is 258 g/mol. The number of benzene rings is 1. The summed E-state index contributed by atoms with van der Waals surface area (Å²) in [4.78, 5) is 5.50. The monoisotopic (exact) mass is 273 g/mol. The van der Waals surface area contributed by atoms with Crippen molar-refractivity contribution in [3.63, 3.8) is 0 Å². The number of ether oxygens (including phenoxy) is 1. The fourth-order valence-corrected chi connectivity index (χ4v) is 2.83. The minimum absolute atomic E-state index is 0.678. The number of nitrogen functional groups attached to an aromatic ring is 1. The van der Waals surface area contributed by atoms with Crippen LogP contribution in [0.1, 0.15) is 12.5 Å². The van der Waals surface area contributed by atoms with Crippen molar-refractivity contribution in [3.05, 3.63) is 35.3 Å². The summed E-state index contributed by atoms with van der Waals surface area (Å²) in [6.45, 7) is 4.71. The topological polar surface area (TPSA) is 52.5 Å². The average molecular weight is 273 g/mol. The van der Waals surface area contributed by atoms with E-state index in [1.165, 1.54) is 0 Å². The molecule has 19 heavy (non-hydrogen) atoms. The van der Waals surface area contributed by atoms with Crippen molar-refractivity contribution in [2.45, 2.75) is 13.8 Å². The van der Waals surface area contributed by atoms with Crippen molar-refractivity contribution in [2.24, 2.45) is 0 Å². The zero-order valence-electron chi connectivity index (χ0n) is 10.9. The van der Waals surface area contributed by atoms with Gasteiger partial charge in [0.15, 0.2) is 4.96 Å². The highest BCUT2D eigenvalue weighted by Crippen LogP contribution is 2.28. The predicted octanol–water partition coefficient (Wildman–Crippen LogP) is 3.35. The molecule has 0 saturated heterocycles. The second kappa shape index (κ2) is 4.59. The lowest BCUT2D eigenvalue weighted by Crippen LogP contribution is -1.94. The summed E-state index contributed by atoms with van der Waals surface area (Å²) in [6, 6.07) is 6.11. The van der Waals surface area contributed by atoms with Gasteiger partial charge in [0.25, 0.3) is 0 Å². The molecule has 0 saturated carbocycles. The first kappa shape index (κ1) is 12.0. The number of thiazole rings is 1. The number of imidazole rings is 1. The molecule has 0 aliphatic heterocycles. The van der Waals surface area contributed by atoms with Gasteiger partial charge in [-0.25, -0.2) is 4.98 Å². The summed E-state index contributed by atoms with van der Waals surface area (Å²) in [6.07, 6.45) is 1.97. The lowest BCUT2D eigenvalue weighted by atomic mass is 10.1. The summed E-state index contributed by atoms with van der Waals surface area (Å²) in [5.74, 6) is 1.65. The summed E-state index contributed by atoms with van der Waals surface area (Å²) in [5.41, 5.74) is 9.00. The average Bonchev–Trinajstić information content (AvgIpc) is 2.95. The number of aryl methyl sites for hydroxylation is 1. The third-order valence-electron chi connectivity index (χ3n) is 3.01. The van der Waals surface area contributed by atoms with E-state index in [0.29, 0.717) is 6.61 Å². The van der Waals surface area contributed by atoms with Crippen LogP contribution >= 0.6 is 11.3 Å². The third kappa shape index (κ3) is 2.06. The number of rotatable bonds is 3. The van der Waals surface area contributed by atoms with Crippen molar-refractivity contribution in [3.8, 4) is 17.0 Å². The molecule has 4 nitrogen and oxygen atoms in total. The molecule has 0 aliphatic carbocycles. The Labute approximate surface area is 115 Å². The number of hydrogen-bond acceptors (Lipinski definition) is 4. The van der Waals surface area contributed by atoms with Gasteiger partial charge in [-0.3, -0.25) is 4.40 Å². The number of hydrogen-bond donors (Lipinski definition) is 1. The van der Waals surface area contributed by atoms with E-state index < -0.39 is 0 Å². The molecule has 0 amide bonds. The second-order valence-corrected chi connectivity index (χ2v) is 5.19. The first-order chi connectivity index (χ1) is 9.19. The molecule has 0 radical (unpaired) electrons. The van der Waals surface area contributed by atoms with Crippen molar-refractivity contribution in [2.75, 3.05) is 12.3 Å². The van der Waals surface area contributed by atoms with Crippen LogP contribution < -0.4 is 10.5 Å². The Morgan fingerprint density at radius 2 is 2.26 bits per heavy atom. The van der Waals surface area contributed by atoms with Gasteiger partial charge in [-0.2, -0.15) is 0 Å². The number of nitrogens with zero attached hydrogens (tertiary/aromatic N) is 2. The lowest BCUT2D eigenvalue weighted by molar-refractivity contribution is 0.338. The maximum Gasteiger partial charge on any atom is 0.195 e. The first-order valence-electron chi connectivity index (χ1n) is 6.15. The molecule has 0 fully saturated rings. The van der Waals surface area contributed by atoms with Gasteiger partial charge in [0.05, 0.1) is 12.3 Å². The quantitative estimate of drug-likeness (QED) is 0.796. The molecule has 2 N–H and O–H groups in total. The highest BCUT2D eigenvalue weighted by Gasteiger charge is 2.09. The van der Waals surface area contributed by atoms with E-state index in [1.807, 2.05) is 42.0 Å². The van der Waals surface area contributed by atoms with E-state index in [1.54, 1.807) is 11.3 Å². The predicted molar refractivity (Wildman–Crippen MR) is 78.8 cm³/mol. The Morgan fingerprint density at radius 1 is 1.42 bits per heavy atom. The molecule has 0 unspecified atom stereocenters. The Hall–Kier alpha value is -2.01. The summed E-state index contributed by atoms with van der Waals surface area (Å²) in [5, 5.41) is 1.90. The van der Waals surface area contributed by atoms with Gasteiger partial charge in [-0.05, 0) is 37.6 Å². The van der Waals surface area contributed by atoms with E-state index >= 15 is 0 Å². The first-order valence-corrected chi connectivity index (χ1v) is 7.03. The highest BCUT2D eigenvalue weighted by molar-refractivity contribution is 7.15. The van der Waals surface area contributed by atoms with Crippen LogP contribution in [0.25, 0.3) is 16.2 Å². The Morgan fingerprint density at radius 3 is 2.95 bits per heavy atom. The largest absolute Gasteiger partial charge is 0.494 e. The summed E-state index contributed by atoms with van der Waals surface area (Å²) < 4.78 is 7.46. The molecule has 0 bridgehead atoms.